The van der Waals surface area contributed by atoms with Crippen molar-refractivity contribution in [1.82, 2.24) is 20.4 Å². The molecule has 1 aliphatic heterocycles. The van der Waals surface area contributed by atoms with E-state index in [2.05, 4.69) is 20.4 Å². The van der Waals surface area contributed by atoms with Gasteiger partial charge in [-0.2, -0.15) is 4.98 Å². The van der Waals surface area contributed by atoms with Crippen LogP contribution >= 0.6 is 0 Å². The lowest BCUT2D eigenvalue weighted by atomic mass is 10.0. The van der Waals surface area contributed by atoms with E-state index in [0.717, 1.165) is 36.7 Å². The Morgan fingerprint density at radius 3 is 3.15 bits per heavy atom. The van der Waals surface area contributed by atoms with Crippen molar-refractivity contribution in [3.63, 3.8) is 0 Å². The Morgan fingerprint density at radius 2 is 2.35 bits per heavy atom. The van der Waals surface area contributed by atoms with Gasteiger partial charge in [-0.15, -0.1) is 0 Å². The first-order valence-corrected chi connectivity index (χ1v) is 7.34. The molecule has 0 aliphatic carbocycles. The third-order valence-electron chi connectivity index (χ3n) is 3.71. The van der Waals surface area contributed by atoms with E-state index in [-0.39, 0.29) is 0 Å². The van der Waals surface area contributed by atoms with Crippen LogP contribution in [0, 0.1) is 0 Å². The van der Waals surface area contributed by atoms with Gasteiger partial charge in [0.15, 0.2) is 5.82 Å². The number of aromatic nitrogens is 3. The van der Waals surface area contributed by atoms with Crippen molar-refractivity contribution in [2.75, 3.05) is 6.54 Å². The monoisotopic (exact) mass is 272 g/mol. The molecule has 0 aromatic carbocycles. The van der Waals surface area contributed by atoms with Crippen molar-refractivity contribution < 1.29 is 4.52 Å². The molecule has 0 amide bonds. The molecule has 1 fully saturated rings. The van der Waals surface area contributed by atoms with Crippen LogP contribution in [-0.2, 0) is 12.8 Å². The predicted molar refractivity (Wildman–Crippen MR) is 75.3 cm³/mol. The summed E-state index contributed by atoms with van der Waals surface area (Å²) in [4.78, 5) is 8.55. The third kappa shape index (κ3) is 3.63. The van der Waals surface area contributed by atoms with E-state index in [1.807, 2.05) is 18.3 Å². The Kier molecular flexibility index (Phi) is 4.38. The molecular formula is C15H20N4O. The number of nitrogens with zero attached hydrogens (tertiary/aromatic N) is 3. The van der Waals surface area contributed by atoms with Gasteiger partial charge in [0.25, 0.3) is 0 Å². The maximum atomic E-state index is 5.32. The summed E-state index contributed by atoms with van der Waals surface area (Å²) in [5, 5.41) is 7.58. The Labute approximate surface area is 118 Å². The number of hydrogen-bond donors (Lipinski definition) is 1. The SMILES string of the molecule is c1cncc(Cc2noc(CCC3CCCCN3)n2)c1. The summed E-state index contributed by atoms with van der Waals surface area (Å²) >= 11 is 0. The number of pyridine rings is 1. The van der Waals surface area contributed by atoms with Gasteiger partial charge in [0.1, 0.15) is 0 Å². The van der Waals surface area contributed by atoms with Crippen LogP contribution in [0.4, 0.5) is 0 Å². The minimum atomic E-state index is 0.609. The van der Waals surface area contributed by atoms with Gasteiger partial charge < -0.3 is 9.84 Å². The van der Waals surface area contributed by atoms with E-state index in [0.29, 0.717) is 12.5 Å². The molecule has 2 aromatic rings. The first-order chi connectivity index (χ1) is 9.90. The highest BCUT2D eigenvalue weighted by Gasteiger charge is 2.14. The van der Waals surface area contributed by atoms with Crippen LogP contribution in [0.5, 0.6) is 0 Å². The Morgan fingerprint density at radius 1 is 1.35 bits per heavy atom. The second-order valence-corrected chi connectivity index (χ2v) is 5.33. The molecule has 0 radical (unpaired) electrons. The molecule has 0 bridgehead atoms. The van der Waals surface area contributed by atoms with Crippen molar-refractivity contribution in [2.24, 2.45) is 0 Å². The quantitative estimate of drug-likeness (QED) is 0.903. The van der Waals surface area contributed by atoms with Crippen LogP contribution in [-0.4, -0.2) is 27.7 Å². The second-order valence-electron chi connectivity index (χ2n) is 5.33. The molecule has 20 heavy (non-hydrogen) atoms. The molecule has 5 nitrogen and oxygen atoms in total. The van der Waals surface area contributed by atoms with Gasteiger partial charge in [-0.25, -0.2) is 0 Å². The summed E-state index contributed by atoms with van der Waals surface area (Å²) in [7, 11) is 0. The molecule has 3 heterocycles. The highest BCUT2D eigenvalue weighted by Crippen LogP contribution is 2.13. The minimum absolute atomic E-state index is 0.609. The van der Waals surface area contributed by atoms with Crippen LogP contribution < -0.4 is 5.32 Å². The molecular weight excluding hydrogens is 252 g/mol. The van der Waals surface area contributed by atoms with Gasteiger partial charge in [-0.05, 0) is 37.4 Å². The van der Waals surface area contributed by atoms with Crippen molar-refractivity contribution in [3.05, 3.63) is 41.8 Å². The van der Waals surface area contributed by atoms with Gasteiger partial charge in [0, 0.05) is 31.3 Å². The number of aryl methyl sites for hydroxylation is 1. The van der Waals surface area contributed by atoms with Crippen molar-refractivity contribution >= 4 is 0 Å². The molecule has 1 unspecified atom stereocenters. The lowest BCUT2D eigenvalue weighted by Crippen LogP contribution is -2.34. The van der Waals surface area contributed by atoms with Crippen molar-refractivity contribution in [2.45, 2.75) is 44.6 Å². The van der Waals surface area contributed by atoms with Crippen LogP contribution in [0.3, 0.4) is 0 Å². The Bertz CT molecular complexity index is 520. The molecule has 5 heteroatoms. The number of nitrogens with one attached hydrogen (secondary N) is 1. The predicted octanol–water partition coefficient (Wildman–Crippen LogP) is 2.13. The molecule has 1 N–H and O–H groups in total. The number of piperidine rings is 1. The fourth-order valence-electron chi connectivity index (χ4n) is 2.62. The Hall–Kier alpha value is -1.75. The van der Waals surface area contributed by atoms with E-state index in [1.165, 1.54) is 19.3 Å². The fourth-order valence-corrected chi connectivity index (χ4v) is 2.62. The standard InChI is InChI=1S/C15H20N4O/c1-2-9-17-13(5-1)6-7-15-18-14(19-20-15)10-12-4-3-8-16-11-12/h3-4,8,11,13,17H,1-2,5-7,9-10H2. The van der Waals surface area contributed by atoms with Crippen LogP contribution in [0.25, 0.3) is 0 Å². The first-order valence-electron chi connectivity index (χ1n) is 7.34. The highest BCUT2D eigenvalue weighted by molar-refractivity contribution is 5.13. The van der Waals surface area contributed by atoms with E-state index >= 15 is 0 Å². The average molecular weight is 272 g/mol. The maximum absolute atomic E-state index is 5.32. The highest BCUT2D eigenvalue weighted by atomic mass is 16.5. The first kappa shape index (κ1) is 13.2. The smallest absolute Gasteiger partial charge is 0.226 e. The summed E-state index contributed by atoms with van der Waals surface area (Å²) in [6, 6.07) is 4.55. The van der Waals surface area contributed by atoms with Gasteiger partial charge >= 0.3 is 0 Å². The van der Waals surface area contributed by atoms with Crippen LogP contribution in [0.15, 0.2) is 29.0 Å². The number of hydrogen-bond acceptors (Lipinski definition) is 5. The van der Waals surface area contributed by atoms with Gasteiger partial charge in [-0.1, -0.05) is 17.6 Å². The fraction of sp³-hybridized carbons (Fsp3) is 0.533. The van der Waals surface area contributed by atoms with Crippen LogP contribution in [0.1, 0.15) is 43.0 Å². The minimum Gasteiger partial charge on any atom is -0.339 e. The van der Waals surface area contributed by atoms with Crippen molar-refractivity contribution in [3.8, 4) is 0 Å². The molecule has 1 saturated heterocycles. The maximum Gasteiger partial charge on any atom is 0.226 e. The summed E-state index contributed by atoms with van der Waals surface area (Å²) in [5.74, 6) is 1.49. The summed E-state index contributed by atoms with van der Waals surface area (Å²) in [6.45, 7) is 1.14. The molecule has 0 saturated carbocycles. The molecule has 0 spiro atoms. The number of rotatable bonds is 5. The lowest BCUT2D eigenvalue weighted by molar-refractivity contribution is 0.341. The van der Waals surface area contributed by atoms with Crippen molar-refractivity contribution in [1.29, 1.82) is 0 Å². The van der Waals surface area contributed by atoms with Gasteiger partial charge in [-0.3, -0.25) is 4.98 Å². The summed E-state index contributed by atoms with van der Waals surface area (Å²) in [5.41, 5.74) is 1.11. The van der Waals surface area contributed by atoms with Gasteiger partial charge in [0.05, 0.1) is 0 Å². The zero-order valence-electron chi connectivity index (χ0n) is 11.6. The van der Waals surface area contributed by atoms with E-state index in [9.17, 15) is 0 Å². The molecule has 2 aromatic heterocycles. The molecule has 3 rings (SSSR count). The third-order valence-corrected chi connectivity index (χ3v) is 3.71. The van der Waals surface area contributed by atoms with Crippen LogP contribution in [0.2, 0.25) is 0 Å². The lowest BCUT2D eigenvalue weighted by Gasteiger charge is -2.22. The zero-order chi connectivity index (χ0) is 13.6. The zero-order valence-corrected chi connectivity index (χ0v) is 11.6. The Balaban J connectivity index is 1.51. The molecule has 106 valence electrons. The van der Waals surface area contributed by atoms with E-state index < -0.39 is 0 Å². The molecule has 1 atom stereocenters. The molecule has 1 aliphatic rings. The summed E-state index contributed by atoms with van der Waals surface area (Å²) in [6.07, 6.45) is 10.1. The van der Waals surface area contributed by atoms with E-state index in [1.54, 1.807) is 6.20 Å². The van der Waals surface area contributed by atoms with E-state index in [4.69, 9.17) is 4.52 Å². The normalized spacial score (nSPS) is 19.1. The van der Waals surface area contributed by atoms with Gasteiger partial charge in [0.2, 0.25) is 5.89 Å². The second kappa shape index (κ2) is 6.61. The average Bonchev–Trinajstić information content (AvgIpc) is 2.95. The topological polar surface area (TPSA) is 63.8 Å². The largest absolute Gasteiger partial charge is 0.339 e. The summed E-state index contributed by atoms with van der Waals surface area (Å²) < 4.78 is 5.32.